The quantitative estimate of drug-likeness (QED) is 0.852. The third kappa shape index (κ3) is 3.79. The van der Waals surface area contributed by atoms with E-state index < -0.39 is 0 Å². The Morgan fingerprint density at radius 2 is 2.05 bits per heavy atom. The number of aryl methyl sites for hydroxylation is 1. The van der Waals surface area contributed by atoms with E-state index in [1.807, 2.05) is 26.0 Å². The van der Waals surface area contributed by atoms with Crippen LogP contribution in [0.5, 0.6) is 5.75 Å². The van der Waals surface area contributed by atoms with E-state index in [1.165, 1.54) is 6.07 Å². The Bertz CT molecular complexity index is 625. The van der Waals surface area contributed by atoms with Gasteiger partial charge in [-0.05, 0) is 50.6 Å². The summed E-state index contributed by atoms with van der Waals surface area (Å²) in [6, 6.07) is 10.7. The summed E-state index contributed by atoms with van der Waals surface area (Å²) in [6.07, 6.45) is 0.450. The summed E-state index contributed by atoms with van der Waals surface area (Å²) in [5, 5.41) is 0.434. The predicted octanol–water partition coefficient (Wildman–Crippen LogP) is 4.47. The molecule has 1 unspecified atom stereocenters. The first-order valence-corrected chi connectivity index (χ1v) is 7.80. The van der Waals surface area contributed by atoms with Gasteiger partial charge in [-0.25, -0.2) is 4.39 Å². The van der Waals surface area contributed by atoms with Crippen molar-refractivity contribution < 1.29 is 9.13 Å². The molecule has 0 spiro atoms. The first-order chi connectivity index (χ1) is 10.6. The number of nitrogens with two attached hydrogens (primary N) is 1. The minimum Gasteiger partial charge on any atom is -0.494 e. The summed E-state index contributed by atoms with van der Waals surface area (Å²) < 4.78 is 19.7. The van der Waals surface area contributed by atoms with Gasteiger partial charge in [0.1, 0.15) is 11.6 Å². The van der Waals surface area contributed by atoms with Crippen LogP contribution in [-0.2, 0) is 6.42 Å². The molecule has 118 valence electrons. The molecule has 0 amide bonds. The zero-order valence-corrected chi connectivity index (χ0v) is 13.7. The molecule has 2 aromatic rings. The summed E-state index contributed by atoms with van der Waals surface area (Å²) >= 11 is 6.14. The highest BCUT2D eigenvalue weighted by Gasteiger charge is 2.19. The standard InChI is InChI=1S/C18H21ClFNO/c1-3-22-18-8-7-12(2)9-14(18)13(11-21)10-15-16(19)5-4-6-17(15)20/h4-9,13H,3,10-11,21H2,1-2H3. The largest absolute Gasteiger partial charge is 0.494 e. The maximum Gasteiger partial charge on any atom is 0.127 e. The smallest absolute Gasteiger partial charge is 0.127 e. The van der Waals surface area contributed by atoms with Gasteiger partial charge in [-0.3, -0.25) is 0 Å². The van der Waals surface area contributed by atoms with Crippen LogP contribution < -0.4 is 10.5 Å². The second-order valence-electron chi connectivity index (χ2n) is 5.31. The van der Waals surface area contributed by atoms with Gasteiger partial charge in [0.2, 0.25) is 0 Å². The molecular weight excluding hydrogens is 301 g/mol. The Morgan fingerprint density at radius 1 is 1.27 bits per heavy atom. The van der Waals surface area contributed by atoms with Crippen molar-refractivity contribution in [2.24, 2.45) is 5.73 Å². The Labute approximate surface area is 136 Å². The Kier molecular flexibility index (Phi) is 5.81. The average Bonchev–Trinajstić information content (AvgIpc) is 2.49. The summed E-state index contributed by atoms with van der Waals surface area (Å²) in [5.74, 6) is 0.462. The predicted molar refractivity (Wildman–Crippen MR) is 89.3 cm³/mol. The van der Waals surface area contributed by atoms with Gasteiger partial charge in [-0.15, -0.1) is 0 Å². The van der Waals surface area contributed by atoms with E-state index in [0.717, 1.165) is 16.9 Å². The molecule has 0 bridgehead atoms. The molecule has 2 aromatic carbocycles. The van der Waals surface area contributed by atoms with E-state index in [-0.39, 0.29) is 11.7 Å². The van der Waals surface area contributed by atoms with E-state index in [4.69, 9.17) is 22.1 Å². The average molecular weight is 322 g/mol. The van der Waals surface area contributed by atoms with Crippen LogP contribution in [0.1, 0.15) is 29.5 Å². The van der Waals surface area contributed by atoms with Gasteiger partial charge in [0.25, 0.3) is 0 Å². The van der Waals surface area contributed by atoms with Crippen molar-refractivity contribution in [2.75, 3.05) is 13.2 Å². The molecule has 0 aliphatic carbocycles. The van der Waals surface area contributed by atoms with Gasteiger partial charge in [0.05, 0.1) is 6.61 Å². The normalized spacial score (nSPS) is 12.2. The van der Waals surface area contributed by atoms with Crippen molar-refractivity contribution in [3.8, 4) is 5.75 Å². The molecule has 4 heteroatoms. The maximum atomic E-state index is 14.0. The molecule has 0 fully saturated rings. The zero-order chi connectivity index (χ0) is 16.1. The van der Waals surface area contributed by atoms with E-state index >= 15 is 0 Å². The van der Waals surface area contributed by atoms with Crippen molar-refractivity contribution in [3.05, 3.63) is 63.9 Å². The molecule has 2 rings (SSSR count). The van der Waals surface area contributed by atoms with Gasteiger partial charge in [0, 0.05) is 16.5 Å². The van der Waals surface area contributed by atoms with Crippen LogP contribution in [0.15, 0.2) is 36.4 Å². The number of hydrogen-bond acceptors (Lipinski definition) is 2. The molecule has 22 heavy (non-hydrogen) atoms. The van der Waals surface area contributed by atoms with Crippen LogP contribution in [0.25, 0.3) is 0 Å². The van der Waals surface area contributed by atoms with Crippen LogP contribution >= 0.6 is 11.6 Å². The van der Waals surface area contributed by atoms with E-state index in [0.29, 0.717) is 30.2 Å². The highest BCUT2D eigenvalue weighted by molar-refractivity contribution is 6.31. The van der Waals surface area contributed by atoms with Gasteiger partial charge >= 0.3 is 0 Å². The fourth-order valence-electron chi connectivity index (χ4n) is 2.57. The molecule has 2 nitrogen and oxygen atoms in total. The molecule has 0 heterocycles. The molecule has 0 aliphatic rings. The fourth-order valence-corrected chi connectivity index (χ4v) is 2.81. The van der Waals surface area contributed by atoms with Crippen LogP contribution in [-0.4, -0.2) is 13.2 Å². The van der Waals surface area contributed by atoms with Crippen molar-refractivity contribution >= 4 is 11.6 Å². The molecule has 0 aromatic heterocycles. The zero-order valence-electron chi connectivity index (χ0n) is 12.9. The molecular formula is C18H21ClFNO. The summed E-state index contributed by atoms with van der Waals surface area (Å²) in [6.45, 7) is 4.93. The Morgan fingerprint density at radius 3 is 2.68 bits per heavy atom. The van der Waals surface area contributed by atoms with Crippen LogP contribution in [0.4, 0.5) is 4.39 Å². The molecule has 0 saturated heterocycles. The van der Waals surface area contributed by atoms with Gasteiger partial charge < -0.3 is 10.5 Å². The third-order valence-corrected chi connectivity index (χ3v) is 4.06. The van der Waals surface area contributed by atoms with Crippen LogP contribution in [0.2, 0.25) is 5.02 Å². The molecule has 0 radical (unpaired) electrons. The van der Waals surface area contributed by atoms with Crippen LogP contribution in [0, 0.1) is 12.7 Å². The maximum absolute atomic E-state index is 14.0. The van der Waals surface area contributed by atoms with Crippen molar-refractivity contribution in [2.45, 2.75) is 26.2 Å². The lowest BCUT2D eigenvalue weighted by atomic mass is 9.90. The SMILES string of the molecule is CCOc1ccc(C)cc1C(CN)Cc1c(F)cccc1Cl. The Balaban J connectivity index is 2.38. The number of benzene rings is 2. The second kappa shape index (κ2) is 7.61. The lowest BCUT2D eigenvalue weighted by Crippen LogP contribution is -2.17. The van der Waals surface area contributed by atoms with Gasteiger partial charge in [-0.2, -0.15) is 0 Å². The van der Waals surface area contributed by atoms with E-state index in [9.17, 15) is 4.39 Å². The minimum atomic E-state index is -0.295. The van der Waals surface area contributed by atoms with Gasteiger partial charge in [0.15, 0.2) is 0 Å². The summed E-state index contributed by atoms with van der Waals surface area (Å²) in [5.41, 5.74) is 8.58. The minimum absolute atomic E-state index is 0.0455. The second-order valence-corrected chi connectivity index (χ2v) is 5.72. The van der Waals surface area contributed by atoms with Crippen molar-refractivity contribution in [1.29, 1.82) is 0 Å². The van der Waals surface area contributed by atoms with E-state index in [1.54, 1.807) is 12.1 Å². The lowest BCUT2D eigenvalue weighted by Gasteiger charge is -2.20. The topological polar surface area (TPSA) is 35.2 Å². The summed E-state index contributed by atoms with van der Waals surface area (Å²) in [4.78, 5) is 0. The molecule has 1 atom stereocenters. The first kappa shape index (κ1) is 16.8. The highest BCUT2D eigenvalue weighted by Crippen LogP contribution is 2.32. The number of rotatable bonds is 6. The highest BCUT2D eigenvalue weighted by atomic mass is 35.5. The van der Waals surface area contributed by atoms with Crippen molar-refractivity contribution in [1.82, 2.24) is 0 Å². The monoisotopic (exact) mass is 321 g/mol. The summed E-state index contributed by atoms with van der Waals surface area (Å²) in [7, 11) is 0. The molecule has 0 aliphatic heterocycles. The van der Waals surface area contributed by atoms with Crippen LogP contribution in [0.3, 0.4) is 0 Å². The molecule has 2 N–H and O–H groups in total. The number of ether oxygens (including phenoxy) is 1. The third-order valence-electron chi connectivity index (χ3n) is 3.70. The number of hydrogen-bond donors (Lipinski definition) is 1. The van der Waals surface area contributed by atoms with Crippen molar-refractivity contribution in [3.63, 3.8) is 0 Å². The Hall–Kier alpha value is -1.58. The van der Waals surface area contributed by atoms with Gasteiger partial charge in [-0.1, -0.05) is 35.4 Å². The first-order valence-electron chi connectivity index (χ1n) is 7.43. The van der Waals surface area contributed by atoms with E-state index in [2.05, 4.69) is 6.07 Å². The fraction of sp³-hybridized carbons (Fsp3) is 0.333. The molecule has 0 saturated carbocycles. The number of halogens is 2. The lowest BCUT2D eigenvalue weighted by molar-refractivity contribution is 0.334.